The second-order valence-corrected chi connectivity index (χ2v) is 5.18. The summed E-state index contributed by atoms with van der Waals surface area (Å²) in [6.45, 7) is 6.19. The van der Waals surface area contributed by atoms with E-state index in [4.69, 9.17) is 0 Å². The molecule has 2 rings (SSSR count). The van der Waals surface area contributed by atoms with Crippen molar-refractivity contribution in [3.63, 3.8) is 0 Å². The SMILES string of the molecule is CCc1c(C)[nH]c(=O)c(NC)c1Cc1cccc(C)c1. The average Bonchev–Trinajstić information content (AvgIpc) is 2.39. The molecule has 1 aromatic heterocycles. The van der Waals surface area contributed by atoms with Crippen LogP contribution >= 0.6 is 0 Å². The van der Waals surface area contributed by atoms with Gasteiger partial charge in [0.2, 0.25) is 0 Å². The molecule has 0 fully saturated rings. The Morgan fingerprint density at radius 1 is 1.20 bits per heavy atom. The number of rotatable bonds is 4. The van der Waals surface area contributed by atoms with Gasteiger partial charge >= 0.3 is 0 Å². The van der Waals surface area contributed by atoms with Gasteiger partial charge in [0, 0.05) is 19.2 Å². The molecule has 0 aliphatic heterocycles. The minimum absolute atomic E-state index is 0.0372. The van der Waals surface area contributed by atoms with E-state index in [2.05, 4.69) is 48.4 Å². The molecule has 0 saturated carbocycles. The summed E-state index contributed by atoms with van der Waals surface area (Å²) in [6.07, 6.45) is 1.70. The number of aryl methyl sites for hydroxylation is 2. The van der Waals surface area contributed by atoms with E-state index in [9.17, 15) is 4.79 Å². The third-order valence-electron chi connectivity index (χ3n) is 3.71. The highest BCUT2D eigenvalue weighted by molar-refractivity contribution is 5.55. The van der Waals surface area contributed by atoms with Gasteiger partial charge in [0.25, 0.3) is 5.56 Å². The summed E-state index contributed by atoms with van der Waals surface area (Å²) in [5.41, 5.74) is 6.45. The molecule has 0 aliphatic rings. The van der Waals surface area contributed by atoms with Gasteiger partial charge in [-0.25, -0.2) is 0 Å². The number of aromatic nitrogens is 1. The van der Waals surface area contributed by atoms with E-state index in [1.165, 1.54) is 16.7 Å². The fourth-order valence-corrected chi connectivity index (χ4v) is 2.79. The quantitative estimate of drug-likeness (QED) is 0.896. The molecule has 0 unspecified atom stereocenters. The van der Waals surface area contributed by atoms with E-state index in [1.54, 1.807) is 7.05 Å². The molecule has 2 N–H and O–H groups in total. The Hall–Kier alpha value is -2.03. The molecule has 0 saturated heterocycles. The predicted molar refractivity (Wildman–Crippen MR) is 84.7 cm³/mol. The van der Waals surface area contributed by atoms with Crippen molar-refractivity contribution < 1.29 is 0 Å². The first-order valence-corrected chi connectivity index (χ1v) is 7.04. The summed E-state index contributed by atoms with van der Waals surface area (Å²) >= 11 is 0. The standard InChI is InChI=1S/C17H22N2O/c1-5-14-12(3)19-17(20)16(18-4)15(14)10-13-8-6-7-11(2)9-13/h6-9,18H,5,10H2,1-4H3,(H,19,20). The lowest BCUT2D eigenvalue weighted by molar-refractivity contribution is 0.975. The molecule has 0 bridgehead atoms. The lowest BCUT2D eigenvalue weighted by Crippen LogP contribution is -2.18. The molecular weight excluding hydrogens is 248 g/mol. The van der Waals surface area contributed by atoms with Gasteiger partial charge in [-0.05, 0) is 37.0 Å². The second kappa shape index (κ2) is 5.95. The second-order valence-electron chi connectivity index (χ2n) is 5.18. The molecule has 3 heteroatoms. The molecule has 0 spiro atoms. The molecule has 0 amide bonds. The van der Waals surface area contributed by atoms with Crippen molar-refractivity contribution in [2.24, 2.45) is 0 Å². The summed E-state index contributed by atoms with van der Waals surface area (Å²) in [4.78, 5) is 15.0. The zero-order chi connectivity index (χ0) is 14.7. The Bertz CT molecular complexity index is 671. The molecule has 0 radical (unpaired) electrons. The first-order valence-electron chi connectivity index (χ1n) is 7.04. The molecule has 106 valence electrons. The number of benzene rings is 1. The highest BCUT2D eigenvalue weighted by Gasteiger charge is 2.14. The van der Waals surface area contributed by atoms with E-state index >= 15 is 0 Å². The Morgan fingerprint density at radius 2 is 1.95 bits per heavy atom. The van der Waals surface area contributed by atoms with E-state index in [0.717, 1.165) is 24.1 Å². The van der Waals surface area contributed by atoms with Crippen molar-refractivity contribution in [3.05, 3.63) is 62.6 Å². The molecule has 1 heterocycles. The van der Waals surface area contributed by atoms with E-state index in [0.29, 0.717) is 5.69 Å². The summed E-state index contributed by atoms with van der Waals surface area (Å²) < 4.78 is 0. The fourth-order valence-electron chi connectivity index (χ4n) is 2.79. The average molecular weight is 270 g/mol. The zero-order valence-electron chi connectivity index (χ0n) is 12.6. The highest BCUT2D eigenvalue weighted by atomic mass is 16.1. The van der Waals surface area contributed by atoms with Crippen molar-refractivity contribution in [1.82, 2.24) is 4.98 Å². The first kappa shape index (κ1) is 14.4. The highest BCUT2D eigenvalue weighted by Crippen LogP contribution is 2.22. The van der Waals surface area contributed by atoms with Gasteiger partial charge in [-0.3, -0.25) is 4.79 Å². The summed E-state index contributed by atoms with van der Waals surface area (Å²) in [7, 11) is 1.80. The lowest BCUT2D eigenvalue weighted by Gasteiger charge is -2.16. The van der Waals surface area contributed by atoms with Crippen LogP contribution < -0.4 is 10.9 Å². The monoisotopic (exact) mass is 270 g/mol. The number of anilines is 1. The van der Waals surface area contributed by atoms with Gasteiger partial charge in [0.1, 0.15) is 5.69 Å². The van der Waals surface area contributed by atoms with Gasteiger partial charge in [0.15, 0.2) is 0 Å². The normalized spacial score (nSPS) is 10.6. The minimum atomic E-state index is -0.0372. The molecule has 2 aromatic rings. The van der Waals surface area contributed by atoms with E-state index in [1.807, 2.05) is 6.92 Å². The molecule has 20 heavy (non-hydrogen) atoms. The van der Waals surface area contributed by atoms with Gasteiger partial charge in [0.05, 0.1) is 0 Å². The number of pyridine rings is 1. The van der Waals surface area contributed by atoms with Crippen LogP contribution in [0.5, 0.6) is 0 Å². The zero-order valence-corrected chi connectivity index (χ0v) is 12.6. The van der Waals surface area contributed by atoms with Crippen molar-refractivity contribution in [2.75, 3.05) is 12.4 Å². The maximum atomic E-state index is 12.1. The van der Waals surface area contributed by atoms with Crippen molar-refractivity contribution in [3.8, 4) is 0 Å². The van der Waals surface area contributed by atoms with Crippen LogP contribution in [0, 0.1) is 13.8 Å². The van der Waals surface area contributed by atoms with Crippen molar-refractivity contribution >= 4 is 5.69 Å². The van der Waals surface area contributed by atoms with Crippen LogP contribution in [0.4, 0.5) is 5.69 Å². The number of nitrogens with one attached hydrogen (secondary N) is 2. The van der Waals surface area contributed by atoms with Crippen molar-refractivity contribution in [1.29, 1.82) is 0 Å². The third kappa shape index (κ3) is 2.77. The summed E-state index contributed by atoms with van der Waals surface area (Å²) in [6, 6.07) is 8.44. The summed E-state index contributed by atoms with van der Waals surface area (Å²) in [5.74, 6) is 0. The summed E-state index contributed by atoms with van der Waals surface area (Å²) in [5, 5.41) is 3.06. The van der Waals surface area contributed by atoms with Gasteiger partial charge < -0.3 is 10.3 Å². The third-order valence-corrected chi connectivity index (χ3v) is 3.71. The molecule has 1 aromatic carbocycles. The van der Waals surface area contributed by atoms with Gasteiger partial charge in [-0.15, -0.1) is 0 Å². The van der Waals surface area contributed by atoms with Crippen LogP contribution in [0.25, 0.3) is 0 Å². The van der Waals surface area contributed by atoms with E-state index < -0.39 is 0 Å². The molecule has 3 nitrogen and oxygen atoms in total. The number of H-pyrrole nitrogens is 1. The number of hydrogen-bond acceptors (Lipinski definition) is 2. The number of aromatic amines is 1. The maximum absolute atomic E-state index is 12.1. The van der Waals surface area contributed by atoms with Gasteiger partial charge in [-0.1, -0.05) is 36.8 Å². The Labute approximate surface area is 120 Å². The molecular formula is C17H22N2O. The predicted octanol–water partition coefficient (Wildman–Crippen LogP) is 3.19. The van der Waals surface area contributed by atoms with Crippen LogP contribution in [0.2, 0.25) is 0 Å². The number of hydrogen-bond donors (Lipinski definition) is 2. The lowest BCUT2D eigenvalue weighted by atomic mass is 9.95. The van der Waals surface area contributed by atoms with Crippen LogP contribution in [-0.4, -0.2) is 12.0 Å². The topological polar surface area (TPSA) is 44.9 Å². The van der Waals surface area contributed by atoms with E-state index in [-0.39, 0.29) is 5.56 Å². The Morgan fingerprint density at radius 3 is 2.55 bits per heavy atom. The van der Waals surface area contributed by atoms with Crippen molar-refractivity contribution in [2.45, 2.75) is 33.6 Å². The largest absolute Gasteiger partial charge is 0.383 e. The minimum Gasteiger partial charge on any atom is -0.383 e. The van der Waals surface area contributed by atoms with Crippen LogP contribution in [0.3, 0.4) is 0 Å². The Balaban J connectivity index is 2.57. The first-order chi connectivity index (χ1) is 9.56. The maximum Gasteiger partial charge on any atom is 0.271 e. The molecule has 0 atom stereocenters. The Kier molecular flexibility index (Phi) is 4.28. The molecule has 0 aliphatic carbocycles. The van der Waals surface area contributed by atoms with Crippen LogP contribution in [-0.2, 0) is 12.8 Å². The van der Waals surface area contributed by atoms with Crippen LogP contribution in [0.1, 0.15) is 34.9 Å². The smallest absolute Gasteiger partial charge is 0.271 e. The van der Waals surface area contributed by atoms with Crippen LogP contribution in [0.15, 0.2) is 29.1 Å². The van der Waals surface area contributed by atoms with Gasteiger partial charge in [-0.2, -0.15) is 0 Å². The fraction of sp³-hybridized carbons (Fsp3) is 0.353.